The van der Waals surface area contributed by atoms with E-state index in [1.54, 1.807) is 0 Å². The summed E-state index contributed by atoms with van der Waals surface area (Å²) in [5.41, 5.74) is 4.90. The van der Waals surface area contributed by atoms with Crippen LogP contribution in [0.15, 0.2) is 0 Å². The van der Waals surface area contributed by atoms with Crippen molar-refractivity contribution in [2.45, 2.75) is 43.8 Å². The normalized spacial score (nSPS) is 31.5. The molecule has 1 rings (SSSR count). The highest BCUT2D eigenvalue weighted by molar-refractivity contribution is 7.90. The molecule has 17 heavy (non-hydrogen) atoms. The largest absolute Gasteiger partial charge is 0.391 e. The lowest BCUT2D eigenvalue weighted by molar-refractivity contribution is -0.187. The molecule has 7 heteroatoms. The SMILES string of the molecule is CS(=O)(=O)CCC1(N)CCCC(C(F)(F)F)C1. The molecule has 3 nitrogen and oxygen atoms in total. The standard InChI is InChI=1S/C10H18F3NO2S/c1-17(15,16)6-5-9(14)4-2-3-8(7-9)10(11,12)13/h8H,2-7,14H2,1H3. The van der Waals surface area contributed by atoms with Crippen molar-refractivity contribution in [3.8, 4) is 0 Å². The molecule has 0 saturated heterocycles. The van der Waals surface area contributed by atoms with E-state index in [1.165, 1.54) is 0 Å². The third-order valence-corrected chi connectivity index (χ3v) is 4.26. The average molecular weight is 273 g/mol. The Morgan fingerprint density at radius 1 is 1.41 bits per heavy atom. The van der Waals surface area contributed by atoms with Gasteiger partial charge in [0.1, 0.15) is 9.84 Å². The van der Waals surface area contributed by atoms with Gasteiger partial charge >= 0.3 is 6.18 Å². The van der Waals surface area contributed by atoms with Crippen LogP contribution in [0.2, 0.25) is 0 Å². The summed E-state index contributed by atoms with van der Waals surface area (Å²) in [7, 11) is -3.18. The van der Waals surface area contributed by atoms with Crippen LogP contribution in [0.1, 0.15) is 32.1 Å². The Hall–Kier alpha value is -0.300. The van der Waals surface area contributed by atoms with E-state index >= 15 is 0 Å². The van der Waals surface area contributed by atoms with Crippen LogP contribution in [-0.4, -0.2) is 32.1 Å². The van der Waals surface area contributed by atoms with Crippen molar-refractivity contribution in [2.24, 2.45) is 11.7 Å². The zero-order chi connectivity index (χ0) is 13.3. The first-order valence-corrected chi connectivity index (χ1v) is 7.61. The van der Waals surface area contributed by atoms with Gasteiger partial charge in [0.05, 0.1) is 11.7 Å². The van der Waals surface area contributed by atoms with Gasteiger partial charge in [0.2, 0.25) is 0 Å². The second-order valence-corrected chi connectivity index (χ2v) is 7.34. The molecular weight excluding hydrogens is 255 g/mol. The number of hydrogen-bond donors (Lipinski definition) is 1. The molecule has 0 bridgehead atoms. The molecule has 0 aromatic carbocycles. The van der Waals surface area contributed by atoms with Crippen LogP contribution in [-0.2, 0) is 9.84 Å². The monoisotopic (exact) mass is 273 g/mol. The molecule has 0 amide bonds. The van der Waals surface area contributed by atoms with E-state index in [0.717, 1.165) is 6.26 Å². The fourth-order valence-electron chi connectivity index (χ4n) is 2.29. The molecule has 1 aliphatic carbocycles. The summed E-state index contributed by atoms with van der Waals surface area (Å²) >= 11 is 0. The molecule has 102 valence electrons. The molecule has 0 heterocycles. The van der Waals surface area contributed by atoms with Crippen LogP contribution in [0.3, 0.4) is 0 Å². The zero-order valence-electron chi connectivity index (χ0n) is 9.76. The van der Waals surface area contributed by atoms with Gasteiger partial charge in [-0.1, -0.05) is 6.42 Å². The fraction of sp³-hybridized carbons (Fsp3) is 1.00. The Balaban J connectivity index is 2.64. The van der Waals surface area contributed by atoms with Crippen molar-refractivity contribution >= 4 is 9.84 Å². The third kappa shape index (κ3) is 4.83. The highest BCUT2D eigenvalue weighted by Gasteiger charge is 2.46. The van der Waals surface area contributed by atoms with Gasteiger partial charge in [0, 0.05) is 11.8 Å². The minimum absolute atomic E-state index is 0.0985. The van der Waals surface area contributed by atoms with Gasteiger partial charge in [-0.15, -0.1) is 0 Å². The molecular formula is C10H18F3NO2S. The van der Waals surface area contributed by atoms with Crippen molar-refractivity contribution in [3.63, 3.8) is 0 Å². The van der Waals surface area contributed by atoms with Crippen LogP contribution < -0.4 is 5.73 Å². The molecule has 0 aromatic rings. The molecule has 1 saturated carbocycles. The predicted molar refractivity (Wildman–Crippen MR) is 59.3 cm³/mol. The number of halogens is 3. The summed E-state index contributed by atoms with van der Waals surface area (Å²) in [6, 6.07) is 0. The maximum absolute atomic E-state index is 12.6. The summed E-state index contributed by atoms with van der Waals surface area (Å²) < 4.78 is 59.8. The van der Waals surface area contributed by atoms with E-state index in [4.69, 9.17) is 5.73 Å². The number of sulfone groups is 1. The molecule has 2 unspecified atom stereocenters. The molecule has 0 aromatic heterocycles. The smallest absolute Gasteiger partial charge is 0.325 e. The minimum atomic E-state index is -4.23. The van der Waals surface area contributed by atoms with Crippen LogP contribution in [0.4, 0.5) is 13.2 Å². The molecule has 0 radical (unpaired) electrons. The molecule has 1 aliphatic rings. The van der Waals surface area contributed by atoms with Gasteiger partial charge < -0.3 is 5.73 Å². The third-order valence-electron chi connectivity index (χ3n) is 3.31. The predicted octanol–water partition coefficient (Wildman–Crippen LogP) is 1.87. The molecule has 2 atom stereocenters. The Kier molecular flexibility index (Phi) is 4.13. The highest BCUT2D eigenvalue weighted by Crippen LogP contribution is 2.41. The first-order chi connectivity index (χ1) is 7.52. The van der Waals surface area contributed by atoms with Crippen molar-refractivity contribution < 1.29 is 21.6 Å². The second kappa shape index (κ2) is 4.76. The molecule has 2 N–H and O–H groups in total. The van der Waals surface area contributed by atoms with E-state index in [0.29, 0.717) is 12.8 Å². The van der Waals surface area contributed by atoms with Gasteiger partial charge in [0.25, 0.3) is 0 Å². The maximum Gasteiger partial charge on any atom is 0.391 e. The molecule has 0 spiro atoms. The Morgan fingerprint density at radius 2 is 2.00 bits per heavy atom. The van der Waals surface area contributed by atoms with E-state index in [1.807, 2.05) is 0 Å². The lowest BCUT2D eigenvalue weighted by Gasteiger charge is -2.38. The average Bonchev–Trinajstić information content (AvgIpc) is 2.13. The summed E-state index contributed by atoms with van der Waals surface area (Å²) in [6.45, 7) is 0. The number of nitrogens with two attached hydrogens (primary N) is 1. The van der Waals surface area contributed by atoms with Crippen LogP contribution in [0.5, 0.6) is 0 Å². The topological polar surface area (TPSA) is 60.2 Å². The lowest BCUT2D eigenvalue weighted by atomic mass is 9.74. The first-order valence-electron chi connectivity index (χ1n) is 5.55. The van der Waals surface area contributed by atoms with Crippen LogP contribution in [0, 0.1) is 5.92 Å². The van der Waals surface area contributed by atoms with Crippen molar-refractivity contribution in [3.05, 3.63) is 0 Å². The van der Waals surface area contributed by atoms with Gasteiger partial charge in [0.15, 0.2) is 0 Å². The van der Waals surface area contributed by atoms with Gasteiger partial charge in [-0.25, -0.2) is 8.42 Å². The van der Waals surface area contributed by atoms with Crippen molar-refractivity contribution in [1.29, 1.82) is 0 Å². The van der Waals surface area contributed by atoms with E-state index in [9.17, 15) is 21.6 Å². The summed E-state index contributed by atoms with van der Waals surface area (Å²) in [5, 5.41) is 0. The van der Waals surface area contributed by atoms with Crippen LogP contribution >= 0.6 is 0 Å². The van der Waals surface area contributed by atoms with E-state index in [-0.39, 0.29) is 25.0 Å². The summed E-state index contributed by atoms with van der Waals surface area (Å²) in [5.74, 6) is -1.53. The maximum atomic E-state index is 12.6. The van der Waals surface area contributed by atoms with E-state index < -0.39 is 27.5 Å². The Morgan fingerprint density at radius 3 is 2.47 bits per heavy atom. The Labute approximate surface area is 99.5 Å². The minimum Gasteiger partial charge on any atom is -0.325 e. The molecule has 0 aliphatic heterocycles. The Bertz CT molecular complexity index is 366. The van der Waals surface area contributed by atoms with Crippen molar-refractivity contribution in [1.82, 2.24) is 0 Å². The fourth-order valence-corrected chi connectivity index (χ4v) is 3.07. The number of alkyl halides is 3. The summed E-state index contributed by atoms with van der Waals surface area (Å²) in [6.07, 6.45) is -2.23. The van der Waals surface area contributed by atoms with Gasteiger partial charge in [-0.2, -0.15) is 13.2 Å². The quantitative estimate of drug-likeness (QED) is 0.854. The number of hydrogen-bond acceptors (Lipinski definition) is 3. The second-order valence-electron chi connectivity index (χ2n) is 5.08. The van der Waals surface area contributed by atoms with Crippen LogP contribution in [0.25, 0.3) is 0 Å². The van der Waals surface area contributed by atoms with Gasteiger partial charge in [-0.3, -0.25) is 0 Å². The first kappa shape index (κ1) is 14.8. The van der Waals surface area contributed by atoms with Gasteiger partial charge in [-0.05, 0) is 25.7 Å². The number of rotatable bonds is 3. The highest BCUT2D eigenvalue weighted by atomic mass is 32.2. The van der Waals surface area contributed by atoms with Crippen molar-refractivity contribution in [2.75, 3.05) is 12.0 Å². The zero-order valence-corrected chi connectivity index (χ0v) is 10.6. The van der Waals surface area contributed by atoms with E-state index in [2.05, 4.69) is 0 Å². The molecule has 1 fully saturated rings. The lowest BCUT2D eigenvalue weighted by Crippen LogP contribution is -2.48. The summed E-state index contributed by atoms with van der Waals surface area (Å²) in [4.78, 5) is 0.